The van der Waals surface area contributed by atoms with Crippen molar-refractivity contribution in [3.63, 3.8) is 0 Å². The van der Waals surface area contributed by atoms with Crippen molar-refractivity contribution in [2.24, 2.45) is 0 Å². The maximum atomic E-state index is 9.59. The normalized spacial score (nSPS) is 11.9. The predicted octanol–water partition coefficient (Wildman–Crippen LogP) is 14.8. The molecule has 2 aliphatic carbocycles. The van der Waals surface area contributed by atoms with E-state index in [0.717, 1.165) is 16.3 Å². The Morgan fingerprint density at radius 2 is 0.789 bits per heavy atom. The number of benzene rings is 10. The molecule has 0 radical (unpaired) electrons. The lowest BCUT2D eigenvalue weighted by Crippen LogP contribution is -1.91. The lowest BCUT2D eigenvalue weighted by Gasteiger charge is -2.18. The van der Waals surface area contributed by atoms with Gasteiger partial charge in [-0.05, 0) is 181 Å². The van der Waals surface area contributed by atoms with E-state index in [1.54, 1.807) is 6.08 Å². The summed E-state index contributed by atoms with van der Waals surface area (Å²) in [5.41, 5.74) is 17.0. The van der Waals surface area contributed by atoms with E-state index >= 15 is 0 Å². The molecule has 0 saturated carbocycles. The Hall–Kier alpha value is -7.78. The number of rotatable bonds is 3. The SMILES string of the molecule is Cc1ccc2c3c(cccc13)-c1cc3c(cc1-2)c(-c1ccccc1)cc1c2cc4c(cc2c(-c2ccccc2)cc31)-c1ccc(C=C(C#N)C#N)c2cccc-4c12. The second-order valence-electron chi connectivity index (χ2n) is 15.4. The molecule has 0 unspecified atom stereocenters. The quantitative estimate of drug-likeness (QED) is 0.135. The van der Waals surface area contributed by atoms with Crippen molar-refractivity contribution >= 4 is 59.9 Å². The van der Waals surface area contributed by atoms with E-state index in [1.807, 2.05) is 18.2 Å². The largest absolute Gasteiger partial charge is 0.192 e. The van der Waals surface area contributed by atoms with Crippen LogP contribution in [0.5, 0.6) is 0 Å². The van der Waals surface area contributed by atoms with Crippen molar-refractivity contribution in [1.82, 2.24) is 0 Å². The Morgan fingerprint density at radius 3 is 1.32 bits per heavy atom. The number of fused-ring (bicyclic) bond motifs is 11. The molecule has 2 aliphatic rings. The second kappa shape index (κ2) is 11.6. The molecule has 12 rings (SSSR count). The van der Waals surface area contributed by atoms with Gasteiger partial charge in [0.05, 0.1) is 0 Å². The molecular weight excluding hydrogens is 689 g/mol. The van der Waals surface area contributed by atoms with Gasteiger partial charge in [0.2, 0.25) is 0 Å². The van der Waals surface area contributed by atoms with Crippen molar-refractivity contribution in [3.05, 3.63) is 174 Å². The first-order valence-electron chi connectivity index (χ1n) is 19.4. The Morgan fingerprint density at radius 1 is 0.368 bits per heavy atom. The van der Waals surface area contributed by atoms with Gasteiger partial charge in [-0.25, -0.2) is 0 Å². The third-order valence-corrected chi connectivity index (χ3v) is 12.5. The van der Waals surface area contributed by atoms with E-state index in [0.29, 0.717) is 0 Å². The number of aryl methyl sites for hydroxylation is 1. The van der Waals surface area contributed by atoms with Crippen LogP contribution in [0.4, 0.5) is 0 Å². The zero-order chi connectivity index (χ0) is 37.9. The molecule has 0 heterocycles. The van der Waals surface area contributed by atoms with E-state index in [1.165, 1.54) is 115 Å². The molecule has 0 atom stereocenters. The van der Waals surface area contributed by atoms with Crippen LogP contribution in [-0.4, -0.2) is 0 Å². The molecule has 57 heavy (non-hydrogen) atoms. The van der Waals surface area contributed by atoms with Gasteiger partial charge in [0.15, 0.2) is 0 Å². The Balaban J connectivity index is 1.23. The van der Waals surface area contributed by atoms with Crippen molar-refractivity contribution in [1.29, 1.82) is 10.5 Å². The van der Waals surface area contributed by atoms with Gasteiger partial charge in [-0.15, -0.1) is 0 Å². The number of hydrogen-bond donors (Lipinski definition) is 0. The van der Waals surface area contributed by atoms with Gasteiger partial charge >= 0.3 is 0 Å². The molecule has 10 aromatic rings. The predicted molar refractivity (Wildman–Crippen MR) is 238 cm³/mol. The topological polar surface area (TPSA) is 47.6 Å². The Bertz CT molecular complexity index is 3560. The lowest BCUT2D eigenvalue weighted by atomic mass is 9.84. The molecule has 2 heteroatoms. The summed E-state index contributed by atoms with van der Waals surface area (Å²) in [6.45, 7) is 2.21. The first kappa shape index (κ1) is 31.6. The highest BCUT2D eigenvalue weighted by Crippen LogP contribution is 2.54. The summed E-state index contributed by atoms with van der Waals surface area (Å²) < 4.78 is 0. The fraction of sp³-hybridized carbons (Fsp3) is 0.0182. The van der Waals surface area contributed by atoms with Crippen LogP contribution in [-0.2, 0) is 0 Å². The average molecular weight is 719 g/mol. The van der Waals surface area contributed by atoms with Crippen LogP contribution in [0.15, 0.2) is 163 Å². The van der Waals surface area contributed by atoms with Crippen LogP contribution in [0, 0.1) is 29.6 Å². The van der Waals surface area contributed by atoms with Crippen LogP contribution >= 0.6 is 0 Å². The molecule has 10 aromatic carbocycles. The summed E-state index contributed by atoms with van der Waals surface area (Å²) in [6.07, 6.45) is 1.70. The van der Waals surface area contributed by atoms with Gasteiger partial charge in [0.1, 0.15) is 17.7 Å². The van der Waals surface area contributed by atoms with Crippen LogP contribution in [0.25, 0.3) is 127 Å². The number of nitrogens with zero attached hydrogens (tertiary/aromatic N) is 2. The van der Waals surface area contributed by atoms with E-state index in [2.05, 4.69) is 159 Å². The van der Waals surface area contributed by atoms with Crippen LogP contribution < -0.4 is 0 Å². The fourth-order valence-corrected chi connectivity index (χ4v) is 9.99. The smallest absolute Gasteiger partial charge is 0.130 e. The molecule has 260 valence electrons. The van der Waals surface area contributed by atoms with E-state index in [4.69, 9.17) is 0 Å². The highest BCUT2D eigenvalue weighted by Gasteiger charge is 2.27. The van der Waals surface area contributed by atoms with Crippen molar-refractivity contribution < 1.29 is 0 Å². The Labute approximate surface area is 329 Å². The van der Waals surface area contributed by atoms with Gasteiger partial charge in [0.25, 0.3) is 0 Å². The van der Waals surface area contributed by atoms with E-state index in [9.17, 15) is 10.5 Å². The van der Waals surface area contributed by atoms with Crippen molar-refractivity contribution in [2.75, 3.05) is 0 Å². The number of allylic oxidation sites excluding steroid dienone is 1. The van der Waals surface area contributed by atoms with E-state index < -0.39 is 0 Å². The van der Waals surface area contributed by atoms with Gasteiger partial charge in [-0.1, -0.05) is 121 Å². The standard InChI is InChI=1S/C55H30N2/c1-31-18-20-40-46-25-48-42(33-10-4-2-5-11-33)23-51-50(52(48)27-44(46)38-16-8-14-36(31)54(38)40)24-43(34-12-6-3-7-13-34)49-26-47-41-21-19-35(22-32(29-56)30-57)37-15-9-17-39(55(37)41)45(47)28-53(49)51/h2-28H,1H3. The molecule has 0 aromatic heterocycles. The molecule has 2 nitrogen and oxygen atoms in total. The molecule has 0 saturated heterocycles. The zero-order valence-electron chi connectivity index (χ0n) is 31.0. The Kier molecular flexibility index (Phi) is 6.43. The molecule has 0 N–H and O–H groups in total. The summed E-state index contributed by atoms with van der Waals surface area (Å²) in [6, 6.07) is 62.3. The van der Waals surface area contributed by atoms with Gasteiger partial charge in [0, 0.05) is 0 Å². The second-order valence-corrected chi connectivity index (χ2v) is 15.4. The highest BCUT2D eigenvalue weighted by molar-refractivity contribution is 6.29. The molecular formula is C55H30N2. The molecule has 0 fully saturated rings. The fourth-order valence-electron chi connectivity index (χ4n) is 9.99. The summed E-state index contributed by atoms with van der Waals surface area (Å²) in [4.78, 5) is 0. The van der Waals surface area contributed by atoms with Gasteiger partial charge in [-0.2, -0.15) is 10.5 Å². The van der Waals surface area contributed by atoms with Crippen LogP contribution in [0.1, 0.15) is 11.1 Å². The van der Waals surface area contributed by atoms with Crippen LogP contribution in [0.2, 0.25) is 0 Å². The molecule has 0 spiro atoms. The van der Waals surface area contributed by atoms with E-state index in [-0.39, 0.29) is 5.57 Å². The minimum atomic E-state index is 0.0960. The molecule has 0 bridgehead atoms. The van der Waals surface area contributed by atoms with Gasteiger partial charge < -0.3 is 0 Å². The minimum Gasteiger partial charge on any atom is -0.192 e. The monoisotopic (exact) mass is 718 g/mol. The minimum absolute atomic E-state index is 0.0960. The van der Waals surface area contributed by atoms with Crippen molar-refractivity contribution in [2.45, 2.75) is 6.92 Å². The number of nitriles is 2. The molecule has 0 aliphatic heterocycles. The first-order chi connectivity index (χ1) is 28.1. The third kappa shape index (κ3) is 4.33. The molecule has 0 amide bonds. The number of hydrogen-bond acceptors (Lipinski definition) is 2. The lowest BCUT2D eigenvalue weighted by molar-refractivity contribution is 1.47. The zero-order valence-corrected chi connectivity index (χ0v) is 31.0. The summed E-state index contributed by atoms with van der Waals surface area (Å²) >= 11 is 0. The summed E-state index contributed by atoms with van der Waals surface area (Å²) in [7, 11) is 0. The summed E-state index contributed by atoms with van der Waals surface area (Å²) in [5.74, 6) is 0. The maximum Gasteiger partial charge on any atom is 0.130 e. The van der Waals surface area contributed by atoms with Crippen LogP contribution in [0.3, 0.4) is 0 Å². The van der Waals surface area contributed by atoms with Gasteiger partial charge in [-0.3, -0.25) is 0 Å². The first-order valence-corrected chi connectivity index (χ1v) is 19.4. The van der Waals surface area contributed by atoms with Crippen molar-refractivity contribution in [3.8, 4) is 78.9 Å². The average Bonchev–Trinajstić information content (AvgIpc) is 3.76. The highest BCUT2D eigenvalue weighted by atomic mass is 14.3. The maximum absolute atomic E-state index is 9.59. The third-order valence-electron chi connectivity index (χ3n) is 12.5. The summed E-state index contributed by atoms with van der Waals surface area (Å²) in [5, 5.41) is 31.4.